The zero-order valence-corrected chi connectivity index (χ0v) is 11.5. The fourth-order valence-electron chi connectivity index (χ4n) is 2.70. The first-order valence-corrected chi connectivity index (χ1v) is 6.73. The van der Waals surface area contributed by atoms with Crippen LogP contribution in [0.25, 0.3) is 0 Å². The molecular weight excluding hydrogens is 198 g/mol. The molecule has 0 aromatic carbocycles. The fraction of sp³-hybridized carbons (Fsp3) is 1.00. The lowest BCUT2D eigenvalue weighted by Gasteiger charge is -2.28. The van der Waals surface area contributed by atoms with Crippen LogP contribution in [0.15, 0.2) is 0 Å². The van der Waals surface area contributed by atoms with E-state index < -0.39 is 0 Å². The maximum atomic E-state index is 3.41. The molecule has 96 valence electrons. The van der Waals surface area contributed by atoms with Gasteiger partial charge >= 0.3 is 0 Å². The van der Waals surface area contributed by atoms with Crippen molar-refractivity contribution in [3.8, 4) is 0 Å². The van der Waals surface area contributed by atoms with Gasteiger partial charge in [0.15, 0.2) is 0 Å². The van der Waals surface area contributed by atoms with Crippen molar-refractivity contribution >= 4 is 0 Å². The number of hydrogen-bond donors (Lipinski definition) is 1. The second kappa shape index (κ2) is 7.25. The first kappa shape index (κ1) is 13.9. The number of hydrogen-bond acceptors (Lipinski definition) is 3. The standard InChI is InChI=1S/C13H29N3/c1-5-7-12(14-2)10-15(3)11-13-8-6-9-16(13)4/h12-14H,5-11H2,1-4H3. The van der Waals surface area contributed by atoms with E-state index in [0.29, 0.717) is 6.04 Å². The molecular formula is C13H29N3. The lowest BCUT2D eigenvalue weighted by atomic mass is 10.1. The molecule has 0 saturated carbocycles. The summed E-state index contributed by atoms with van der Waals surface area (Å²) in [6.07, 6.45) is 5.29. The Hall–Kier alpha value is -0.120. The van der Waals surface area contributed by atoms with Crippen LogP contribution in [0.4, 0.5) is 0 Å². The zero-order valence-electron chi connectivity index (χ0n) is 11.5. The van der Waals surface area contributed by atoms with Crippen LogP contribution in [0.3, 0.4) is 0 Å². The van der Waals surface area contributed by atoms with Gasteiger partial charge in [-0.2, -0.15) is 0 Å². The van der Waals surface area contributed by atoms with Crippen LogP contribution in [-0.4, -0.2) is 62.7 Å². The van der Waals surface area contributed by atoms with E-state index in [1.165, 1.54) is 45.3 Å². The Balaban J connectivity index is 2.25. The molecule has 1 heterocycles. The Morgan fingerprint density at radius 3 is 2.75 bits per heavy atom. The quantitative estimate of drug-likeness (QED) is 0.709. The average molecular weight is 227 g/mol. The van der Waals surface area contributed by atoms with Gasteiger partial charge in [-0.3, -0.25) is 0 Å². The molecule has 1 saturated heterocycles. The molecule has 1 rings (SSSR count). The molecule has 1 aliphatic rings. The lowest BCUT2D eigenvalue weighted by Crippen LogP contribution is -2.43. The van der Waals surface area contributed by atoms with Crippen molar-refractivity contribution in [2.24, 2.45) is 0 Å². The van der Waals surface area contributed by atoms with Crippen LogP contribution in [0.5, 0.6) is 0 Å². The molecule has 0 radical (unpaired) electrons. The van der Waals surface area contributed by atoms with Gasteiger partial charge in [-0.05, 0) is 47.0 Å². The normalized spacial score (nSPS) is 24.2. The SMILES string of the molecule is CCCC(CN(C)CC1CCCN1C)NC. The Bertz CT molecular complexity index is 184. The second-order valence-corrected chi connectivity index (χ2v) is 5.27. The molecule has 2 unspecified atom stereocenters. The monoisotopic (exact) mass is 227 g/mol. The van der Waals surface area contributed by atoms with Crippen molar-refractivity contribution < 1.29 is 0 Å². The highest BCUT2D eigenvalue weighted by atomic mass is 15.2. The molecule has 1 aliphatic heterocycles. The Kier molecular flexibility index (Phi) is 6.32. The van der Waals surface area contributed by atoms with Gasteiger partial charge in [0, 0.05) is 25.2 Å². The number of nitrogens with zero attached hydrogens (tertiary/aromatic N) is 2. The maximum Gasteiger partial charge on any atom is 0.0220 e. The Labute approximate surface area is 101 Å². The second-order valence-electron chi connectivity index (χ2n) is 5.27. The molecule has 1 fully saturated rings. The highest BCUT2D eigenvalue weighted by Gasteiger charge is 2.22. The predicted molar refractivity (Wildman–Crippen MR) is 70.9 cm³/mol. The van der Waals surface area contributed by atoms with Crippen LogP contribution in [-0.2, 0) is 0 Å². The van der Waals surface area contributed by atoms with Gasteiger partial charge < -0.3 is 15.1 Å². The number of likely N-dealkylation sites (tertiary alicyclic amines) is 1. The van der Waals surface area contributed by atoms with E-state index in [1.807, 2.05) is 0 Å². The van der Waals surface area contributed by atoms with E-state index in [0.717, 1.165) is 6.04 Å². The zero-order chi connectivity index (χ0) is 12.0. The third-order valence-electron chi connectivity index (χ3n) is 3.77. The van der Waals surface area contributed by atoms with Crippen molar-refractivity contribution in [2.75, 3.05) is 40.8 Å². The van der Waals surface area contributed by atoms with Crippen molar-refractivity contribution in [1.29, 1.82) is 0 Å². The molecule has 3 heteroatoms. The fourth-order valence-corrected chi connectivity index (χ4v) is 2.70. The summed E-state index contributed by atoms with van der Waals surface area (Å²) in [4.78, 5) is 4.99. The van der Waals surface area contributed by atoms with E-state index in [-0.39, 0.29) is 0 Å². The molecule has 16 heavy (non-hydrogen) atoms. The molecule has 0 spiro atoms. The van der Waals surface area contributed by atoms with E-state index >= 15 is 0 Å². The highest BCUT2D eigenvalue weighted by Crippen LogP contribution is 2.15. The minimum absolute atomic E-state index is 0.654. The largest absolute Gasteiger partial charge is 0.316 e. The summed E-state index contributed by atoms with van der Waals surface area (Å²) in [5.41, 5.74) is 0. The van der Waals surface area contributed by atoms with E-state index in [9.17, 15) is 0 Å². The summed E-state index contributed by atoms with van der Waals surface area (Å²) in [6.45, 7) is 5.94. The molecule has 0 amide bonds. The van der Waals surface area contributed by atoms with E-state index in [4.69, 9.17) is 0 Å². The summed E-state index contributed by atoms with van der Waals surface area (Å²) in [7, 11) is 6.59. The van der Waals surface area contributed by atoms with Crippen molar-refractivity contribution in [1.82, 2.24) is 15.1 Å². The third-order valence-corrected chi connectivity index (χ3v) is 3.77. The van der Waals surface area contributed by atoms with Gasteiger partial charge in [0.25, 0.3) is 0 Å². The van der Waals surface area contributed by atoms with Crippen LogP contribution >= 0.6 is 0 Å². The van der Waals surface area contributed by atoms with Crippen LogP contribution in [0.1, 0.15) is 32.6 Å². The molecule has 0 aliphatic carbocycles. The number of likely N-dealkylation sites (N-methyl/N-ethyl adjacent to an activating group) is 3. The highest BCUT2D eigenvalue weighted by molar-refractivity contribution is 4.80. The van der Waals surface area contributed by atoms with E-state index in [2.05, 4.69) is 43.2 Å². The van der Waals surface area contributed by atoms with Crippen LogP contribution < -0.4 is 5.32 Å². The molecule has 3 nitrogen and oxygen atoms in total. The van der Waals surface area contributed by atoms with Gasteiger partial charge in [0.2, 0.25) is 0 Å². The van der Waals surface area contributed by atoms with Crippen LogP contribution in [0, 0.1) is 0 Å². The van der Waals surface area contributed by atoms with Gasteiger partial charge in [0.05, 0.1) is 0 Å². The summed E-state index contributed by atoms with van der Waals surface area (Å²) in [6, 6.07) is 1.44. The van der Waals surface area contributed by atoms with Gasteiger partial charge in [0.1, 0.15) is 0 Å². The third kappa shape index (κ3) is 4.40. The smallest absolute Gasteiger partial charge is 0.0220 e. The number of rotatable bonds is 7. The minimum atomic E-state index is 0.654. The molecule has 0 bridgehead atoms. The van der Waals surface area contributed by atoms with Crippen LogP contribution in [0.2, 0.25) is 0 Å². The first-order valence-electron chi connectivity index (χ1n) is 6.73. The summed E-state index contributed by atoms with van der Waals surface area (Å²) >= 11 is 0. The van der Waals surface area contributed by atoms with Crippen molar-refractivity contribution in [3.63, 3.8) is 0 Å². The Morgan fingerprint density at radius 2 is 2.25 bits per heavy atom. The number of nitrogens with one attached hydrogen (secondary N) is 1. The minimum Gasteiger partial charge on any atom is -0.316 e. The van der Waals surface area contributed by atoms with Crippen molar-refractivity contribution in [3.05, 3.63) is 0 Å². The predicted octanol–water partition coefficient (Wildman–Crippen LogP) is 1.40. The average Bonchev–Trinajstić information content (AvgIpc) is 2.64. The Morgan fingerprint density at radius 1 is 1.50 bits per heavy atom. The summed E-state index contributed by atoms with van der Waals surface area (Å²) < 4.78 is 0. The lowest BCUT2D eigenvalue weighted by molar-refractivity contribution is 0.205. The molecule has 1 N–H and O–H groups in total. The van der Waals surface area contributed by atoms with Gasteiger partial charge in [-0.25, -0.2) is 0 Å². The summed E-state index contributed by atoms with van der Waals surface area (Å²) in [5, 5.41) is 3.41. The molecule has 2 atom stereocenters. The maximum absolute atomic E-state index is 3.41. The van der Waals surface area contributed by atoms with Gasteiger partial charge in [-0.1, -0.05) is 13.3 Å². The summed E-state index contributed by atoms with van der Waals surface area (Å²) in [5.74, 6) is 0. The topological polar surface area (TPSA) is 18.5 Å². The van der Waals surface area contributed by atoms with Gasteiger partial charge in [-0.15, -0.1) is 0 Å². The van der Waals surface area contributed by atoms with Crippen molar-refractivity contribution in [2.45, 2.75) is 44.7 Å². The molecule has 0 aromatic heterocycles. The van der Waals surface area contributed by atoms with E-state index in [1.54, 1.807) is 0 Å². The molecule has 0 aromatic rings. The first-order chi connectivity index (χ1) is 7.67.